The number of hydroxylamine groups is 1. The van der Waals surface area contributed by atoms with Crippen molar-refractivity contribution in [3.05, 3.63) is 11.3 Å². The molecule has 0 aromatic rings. The van der Waals surface area contributed by atoms with Gasteiger partial charge in [-0.05, 0) is 32.6 Å². The summed E-state index contributed by atoms with van der Waals surface area (Å²) in [6, 6.07) is 0. The molecule has 0 unspecified atom stereocenters. The number of nitrogens with zero attached hydrogens (tertiary/aromatic N) is 1. The van der Waals surface area contributed by atoms with Gasteiger partial charge in [-0.2, -0.15) is 0 Å². The van der Waals surface area contributed by atoms with E-state index < -0.39 is 6.16 Å². The molecular formula is C12H25N3O4. The molecule has 0 radical (unpaired) electrons. The molecule has 0 aromatic carbocycles. The molecule has 7 heteroatoms. The lowest BCUT2D eigenvalue weighted by Crippen LogP contribution is -2.32. The molecule has 112 valence electrons. The van der Waals surface area contributed by atoms with Crippen LogP contribution in [0.15, 0.2) is 11.3 Å². The number of ether oxygens (including phenoxy) is 1. The zero-order chi connectivity index (χ0) is 15.3. The van der Waals surface area contributed by atoms with Gasteiger partial charge < -0.3 is 10.5 Å². The van der Waals surface area contributed by atoms with Crippen molar-refractivity contribution < 1.29 is 19.2 Å². The maximum absolute atomic E-state index is 10.1. The van der Waals surface area contributed by atoms with Gasteiger partial charge in [0, 0.05) is 5.70 Å². The zero-order valence-electron chi connectivity index (χ0n) is 12.1. The second kappa shape index (κ2) is 12.7. The predicted molar refractivity (Wildman–Crippen MR) is 72.3 cm³/mol. The summed E-state index contributed by atoms with van der Waals surface area (Å²) in [5.41, 5.74) is 8.21. The van der Waals surface area contributed by atoms with E-state index in [1.165, 1.54) is 24.8 Å². The van der Waals surface area contributed by atoms with Crippen LogP contribution in [0.5, 0.6) is 0 Å². The van der Waals surface area contributed by atoms with Crippen LogP contribution in [0.1, 0.15) is 46.5 Å². The largest absolute Gasteiger partial charge is 0.534 e. The van der Waals surface area contributed by atoms with E-state index in [0.717, 1.165) is 19.2 Å². The van der Waals surface area contributed by atoms with Crippen molar-refractivity contribution in [3.63, 3.8) is 0 Å². The van der Waals surface area contributed by atoms with Crippen LogP contribution in [0, 0.1) is 0 Å². The number of hydrogen-bond acceptors (Lipinski definition) is 6. The van der Waals surface area contributed by atoms with E-state index in [1.54, 1.807) is 0 Å². The van der Waals surface area contributed by atoms with E-state index in [9.17, 15) is 9.59 Å². The van der Waals surface area contributed by atoms with Gasteiger partial charge in [0.2, 0.25) is 0 Å². The topological polar surface area (TPSA) is 108 Å². The molecule has 1 aliphatic carbocycles. The van der Waals surface area contributed by atoms with E-state index in [0.29, 0.717) is 0 Å². The van der Waals surface area contributed by atoms with E-state index >= 15 is 0 Å². The minimum absolute atomic E-state index is 0.122. The van der Waals surface area contributed by atoms with Crippen molar-refractivity contribution in [3.8, 4) is 0 Å². The fraction of sp³-hybridized carbons (Fsp3) is 0.667. The van der Waals surface area contributed by atoms with Gasteiger partial charge in [-0.15, -0.1) is 5.17 Å². The lowest BCUT2D eigenvalue weighted by molar-refractivity contribution is -0.158. The van der Waals surface area contributed by atoms with Crippen LogP contribution in [-0.4, -0.2) is 24.8 Å². The summed E-state index contributed by atoms with van der Waals surface area (Å²) < 4.78 is 3.98. The van der Waals surface area contributed by atoms with E-state index in [2.05, 4.69) is 16.5 Å². The van der Waals surface area contributed by atoms with Gasteiger partial charge >= 0.3 is 6.16 Å². The van der Waals surface area contributed by atoms with Gasteiger partial charge in [-0.25, -0.2) is 10.6 Å². The number of hydrazine groups is 1. The Kier molecular flexibility index (Phi) is 13.1. The molecule has 1 amide bonds. The quantitative estimate of drug-likeness (QED) is 0.262. The standard InChI is InChI=1S/C7H13N.C3H6N2O4.C2H6/c1-6-4-2-3-5-7(6)8;1-8-3(7)9-5(4)2-6;1-2/h2-5,8H2,1H3;2H,4H2,1H3;1-2H3. The van der Waals surface area contributed by atoms with E-state index in [4.69, 9.17) is 11.6 Å². The number of hydrogen-bond donors (Lipinski definition) is 2. The molecule has 7 nitrogen and oxygen atoms in total. The summed E-state index contributed by atoms with van der Waals surface area (Å²) in [5.74, 6) is 4.69. The SMILES string of the molecule is CC.CC1=C(N)CCCC1.COC(=O)ON(N)C=O. The molecule has 0 heterocycles. The Hall–Kier alpha value is -1.76. The van der Waals surface area contributed by atoms with Gasteiger partial charge in [0.15, 0.2) is 0 Å². The molecule has 19 heavy (non-hydrogen) atoms. The molecule has 0 fully saturated rings. The van der Waals surface area contributed by atoms with Gasteiger partial charge in [-0.1, -0.05) is 19.4 Å². The number of carbonyl (C=O) groups is 2. The highest BCUT2D eigenvalue weighted by Crippen LogP contribution is 2.19. The maximum atomic E-state index is 10.1. The summed E-state index contributed by atoms with van der Waals surface area (Å²) in [6.45, 7) is 6.13. The van der Waals surface area contributed by atoms with Crippen molar-refractivity contribution in [2.45, 2.75) is 46.5 Å². The van der Waals surface area contributed by atoms with Crippen LogP contribution < -0.4 is 11.6 Å². The molecule has 0 saturated heterocycles. The summed E-state index contributed by atoms with van der Waals surface area (Å²) in [7, 11) is 1.10. The fourth-order valence-corrected chi connectivity index (χ4v) is 1.22. The Morgan fingerprint density at radius 2 is 1.84 bits per heavy atom. The Morgan fingerprint density at radius 1 is 1.32 bits per heavy atom. The van der Waals surface area contributed by atoms with Crippen LogP contribution in [0.3, 0.4) is 0 Å². The number of allylic oxidation sites excluding steroid dienone is 2. The summed E-state index contributed by atoms with van der Waals surface area (Å²) in [5, 5.41) is 0.200. The van der Waals surface area contributed by atoms with Gasteiger partial charge in [0.25, 0.3) is 6.41 Å². The zero-order valence-corrected chi connectivity index (χ0v) is 12.1. The minimum atomic E-state index is -1.04. The monoisotopic (exact) mass is 275 g/mol. The lowest BCUT2D eigenvalue weighted by atomic mass is 9.98. The predicted octanol–water partition coefficient (Wildman–Crippen LogP) is 1.84. The Balaban J connectivity index is 0. The highest BCUT2D eigenvalue weighted by molar-refractivity contribution is 5.60. The van der Waals surface area contributed by atoms with Gasteiger partial charge in [0.1, 0.15) is 0 Å². The molecule has 0 atom stereocenters. The summed E-state index contributed by atoms with van der Waals surface area (Å²) in [4.78, 5) is 23.6. The first kappa shape index (κ1) is 19.6. The van der Waals surface area contributed by atoms with Crippen molar-refractivity contribution in [1.29, 1.82) is 0 Å². The first-order valence-corrected chi connectivity index (χ1v) is 6.20. The smallest absolute Gasteiger partial charge is 0.436 e. The molecule has 0 aromatic heterocycles. The molecule has 0 spiro atoms. The van der Waals surface area contributed by atoms with Gasteiger partial charge in [0.05, 0.1) is 7.11 Å². The number of carbonyl (C=O) groups excluding carboxylic acids is 2. The van der Waals surface area contributed by atoms with Crippen molar-refractivity contribution in [1.82, 2.24) is 5.17 Å². The third-order valence-electron chi connectivity index (χ3n) is 2.25. The van der Waals surface area contributed by atoms with Crippen LogP contribution in [0.25, 0.3) is 0 Å². The molecule has 0 aliphatic heterocycles. The first-order valence-electron chi connectivity index (χ1n) is 6.20. The molecule has 1 aliphatic rings. The third-order valence-corrected chi connectivity index (χ3v) is 2.25. The maximum Gasteiger partial charge on any atom is 0.534 e. The van der Waals surface area contributed by atoms with Crippen LogP contribution in [0.2, 0.25) is 0 Å². The summed E-state index contributed by atoms with van der Waals surface area (Å²) >= 11 is 0. The lowest BCUT2D eigenvalue weighted by Gasteiger charge is -2.12. The molecule has 0 saturated carbocycles. The number of amides is 1. The van der Waals surface area contributed by atoms with E-state index in [1.807, 2.05) is 13.8 Å². The molecule has 1 rings (SSSR count). The normalized spacial score (nSPS) is 13.1. The second-order valence-electron chi connectivity index (χ2n) is 3.52. The number of methoxy groups -OCH3 is 1. The second-order valence-corrected chi connectivity index (χ2v) is 3.52. The highest BCUT2D eigenvalue weighted by Gasteiger charge is 2.04. The average molecular weight is 275 g/mol. The van der Waals surface area contributed by atoms with E-state index in [-0.39, 0.29) is 11.6 Å². The molecule has 0 bridgehead atoms. The average Bonchev–Trinajstić information content (AvgIpc) is 2.44. The van der Waals surface area contributed by atoms with Crippen LogP contribution >= 0.6 is 0 Å². The number of rotatable bonds is 2. The first-order chi connectivity index (χ1) is 9.01. The van der Waals surface area contributed by atoms with Crippen LogP contribution in [0.4, 0.5) is 4.79 Å². The Morgan fingerprint density at radius 3 is 2.16 bits per heavy atom. The molecule has 4 N–H and O–H groups in total. The highest BCUT2D eigenvalue weighted by atomic mass is 16.8. The van der Waals surface area contributed by atoms with Gasteiger partial charge in [-0.3, -0.25) is 9.63 Å². The third kappa shape index (κ3) is 11.1. The number of nitrogens with two attached hydrogens (primary N) is 2. The Labute approximate surface area is 114 Å². The minimum Gasteiger partial charge on any atom is -0.436 e. The van der Waals surface area contributed by atoms with Crippen molar-refractivity contribution in [2.24, 2.45) is 11.6 Å². The van der Waals surface area contributed by atoms with Crippen molar-refractivity contribution in [2.75, 3.05) is 7.11 Å². The van der Waals surface area contributed by atoms with Crippen LogP contribution in [-0.2, 0) is 14.4 Å². The van der Waals surface area contributed by atoms with Crippen molar-refractivity contribution >= 4 is 12.6 Å². The summed E-state index contributed by atoms with van der Waals surface area (Å²) in [6.07, 6.45) is 4.08. The fourth-order valence-electron chi connectivity index (χ4n) is 1.22. The molecular weight excluding hydrogens is 250 g/mol. The Bertz CT molecular complexity index is 279.